The Bertz CT molecular complexity index is 490. The number of phenols is 2. The van der Waals surface area contributed by atoms with Gasteiger partial charge in [0.25, 0.3) is 5.91 Å². The van der Waals surface area contributed by atoms with Crippen LogP contribution in [0.25, 0.3) is 0 Å². The highest BCUT2D eigenvalue weighted by molar-refractivity contribution is 5.97. The molecular formula is C15H22N2O3. The molecular weight excluding hydrogens is 256 g/mol. The number of rotatable bonds is 3. The minimum atomic E-state index is -0.171. The fourth-order valence-electron chi connectivity index (χ4n) is 2.88. The van der Waals surface area contributed by atoms with E-state index in [1.165, 1.54) is 18.2 Å². The fraction of sp³-hybridized carbons (Fsp3) is 0.533. The van der Waals surface area contributed by atoms with Crippen LogP contribution < -0.4 is 5.32 Å². The largest absolute Gasteiger partial charge is 0.508 e. The molecule has 1 amide bonds. The molecule has 1 aromatic carbocycles. The molecule has 0 aliphatic carbocycles. The van der Waals surface area contributed by atoms with Crippen LogP contribution in [-0.2, 0) is 0 Å². The Balaban J connectivity index is 2.13. The van der Waals surface area contributed by atoms with Crippen LogP contribution in [0.4, 0.5) is 0 Å². The molecule has 1 saturated heterocycles. The summed E-state index contributed by atoms with van der Waals surface area (Å²) in [5.41, 5.74) is 0.251. The second kappa shape index (κ2) is 6.13. The third-order valence-corrected chi connectivity index (χ3v) is 4.13. The van der Waals surface area contributed by atoms with Crippen molar-refractivity contribution in [1.29, 1.82) is 0 Å². The number of piperidine rings is 1. The summed E-state index contributed by atoms with van der Waals surface area (Å²) in [7, 11) is 1.95. The number of benzene rings is 1. The van der Waals surface area contributed by atoms with Crippen LogP contribution in [0.3, 0.4) is 0 Å². The van der Waals surface area contributed by atoms with E-state index < -0.39 is 0 Å². The van der Waals surface area contributed by atoms with E-state index in [0.717, 1.165) is 12.8 Å². The summed E-state index contributed by atoms with van der Waals surface area (Å²) in [5, 5.41) is 22.4. The summed E-state index contributed by atoms with van der Waals surface area (Å²) in [6.45, 7) is 3.50. The molecule has 1 fully saturated rings. The summed E-state index contributed by atoms with van der Waals surface area (Å²) in [5.74, 6) is 0.0469. The molecule has 1 heterocycles. The molecule has 1 aliphatic heterocycles. The summed E-state index contributed by atoms with van der Waals surface area (Å²) >= 11 is 0. The van der Waals surface area contributed by atoms with Crippen molar-refractivity contribution in [2.45, 2.75) is 25.8 Å². The van der Waals surface area contributed by atoms with Gasteiger partial charge in [-0.15, -0.1) is 0 Å². The number of hydrogen-bond donors (Lipinski definition) is 3. The SMILES string of the molecule is CCC1CN(C(=O)c2ccc(O)cc2O)CCC1NC. The van der Waals surface area contributed by atoms with Crippen LogP contribution in [0.5, 0.6) is 11.5 Å². The molecule has 0 spiro atoms. The van der Waals surface area contributed by atoms with Gasteiger partial charge in [-0.05, 0) is 31.5 Å². The molecule has 3 N–H and O–H groups in total. The smallest absolute Gasteiger partial charge is 0.257 e. The normalized spacial score (nSPS) is 22.8. The van der Waals surface area contributed by atoms with Gasteiger partial charge in [-0.2, -0.15) is 0 Å². The zero-order valence-corrected chi connectivity index (χ0v) is 12.0. The van der Waals surface area contributed by atoms with Gasteiger partial charge in [0.2, 0.25) is 0 Å². The van der Waals surface area contributed by atoms with Crippen LogP contribution in [0.2, 0.25) is 0 Å². The molecule has 110 valence electrons. The van der Waals surface area contributed by atoms with Crippen molar-refractivity contribution in [2.24, 2.45) is 5.92 Å². The summed E-state index contributed by atoms with van der Waals surface area (Å²) in [6.07, 6.45) is 1.93. The van der Waals surface area contributed by atoms with Gasteiger partial charge in [0.05, 0.1) is 5.56 Å². The number of aromatic hydroxyl groups is 2. The Morgan fingerprint density at radius 3 is 2.80 bits per heavy atom. The monoisotopic (exact) mass is 278 g/mol. The number of nitrogens with one attached hydrogen (secondary N) is 1. The highest BCUT2D eigenvalue weighted by Gasteiger charge is 2.30. The number of carbonyl (C=O) groups is 1. The third-order valence-electron chi connectivity index (χ3n) is 4.13. The highest BCUT2D eigenvalue weighted by Crippen LogP contribution is 2.27. The first-order valence-electron chi connectivity index (χ1n) is 7.05. The van der Waals surface area contributed by atoms with E-state index in [1.807, 2.05) is 7.05 Å². The van der Waals surface area contributed by atoms with Crippen LogP contribution >= 0.6 is 0 Å². The molecule has 20 heavy (non-hydrogen) atoms. The molecule has 2 unspecified atom stereocenters. The van der Waals surface area contributed by atoms with Crippen LogP contribution in [0, 0.1) is 5.92 Å². The van der Waals surface area contributed by atoms with Gasteiger partial charge < -0.3 is 20.4 Å². The average Bonchev–Trinajstić information content (AvgIpc) is 2.45. The van der Waals surface area contributed by atoms with Crippen LogP contribution in [0.15, 0.2) is 18.2 Å². The third kappa shape index (κ3) is 2.88. The molecule has 0 bridgehead atoms. The van der Waals surface area contributed by atoms with E-state index in [9.17, 15) is 15.0 Å². The molecule has 1 aliphatic rings. The van der Waals surface area contributed by atoms with E-state index in [-0.39, 0.29) is 23.0 Å². The van der Waals surface area contributed by atoms with Crippen molar-refractivity contribution < 1.29 is 15.0 Å². The predicted octanol–water partition coefficient (Wildman–Crippen LogP) is 1.56. The molecule has 0 aromatic heterocycles. The Morgan fingerprint density at radius 1 is 1.45 bits per heavy atom. The maximum atomic E-state index is 12.5. The number of nitrogens with zero attached hydrogens (tertiary/aromatic N) is 1. The van der Waals surface area contributed by atoms with Gasteiger partial charge in [0, 0.05) is 25.2 Å². The van der Waals surface area contributed by atoms with E-state index in [2.05, 4.69) is 12.2 Å². The zero-order valence-electron chi connectivity index (χ0n) is 12.0. The Labute approximate surface area is 119 Å². The summed E-state index contributed by atoms with van der Waals surface area (Å²) in [4.78, 5) is 14.2. The number of amides is 1. The minimum Gasteiger partial charge on any atom is -0.508 e. The number of likely N-dealkylation sites (tertiary alicyclic amines) is 1. The van der Waals surface area contributed by atoms with Crippen LogP contribution in [0.1, 0.15) is 30.1 Å². The van der Waals surface area contributed by atoms with E-state index >= 15 is 0 Å². The van der Waals surface area contributed by atoms with Crippen molar-refractivity contribution in [2.75, 3.05) is 20.1 Å². The lowest BCUT2D eigenvalue weighted by molar-refractivity contribution is 0.0629. The number of hydrogen-bond acceptors (Lipinski definition) is 4. The molecule has 5 heteroatoms. The van der Waals surface area contributed by atoms with Gasteiger partial charge in [-0.25, -0.2) is 0 Å². The van der Waals surface area contributed by atoms with Crippen molar-refractivity contribution >= 4 is 5.91 Å². The standard InChI is InChI=1S/C15H22N2O3/c1-3-10-9-17(7-6-13(10)16-2)15(20)12-5-4-11(18)8-14(12)19/h4-5,8,10,13,16,18-19H,3,6-7,9H2,1-2H3. The van der Waals surface area contributed by atoms with Gasteiger partial charge in [0.1, 0.15) is 11.5 Å². The minimum absolute atomic E-state index is 0.0422. The topological polar surface area (TPSA) is 72.8 Å². The van der Waals surface area contributed by atoms with Crippen molar-refractivity contribution in [3.63, 3.8) is 0 Å². The van der Waals surface area contributed by atoms with E-state index in [0.29, 0.717) is 25.0 Å². The lowest BCUT2D eigenvalue weighted by Gasteiger charge is -2.38. The van der Waals surface area contributed by atoms with E-state index in [1.54, 1.807) is 4.90 Å². The van der Waals surface area contributed by atoms with Gasteiger partial charge in [-0.1, -0.05) is 13.3 Å². The number of carbonyl (C=O) groups excluding carboxylic acids is 1. The first kappa shape index (κ1) is 14.7. The Hall–Kier alpha value is -1.75. The lowest BCUT2D eigenvalue weighted by atomic mass is 9.89. The van der Waals surface area contributed by atoms with Crippen LogP contribution in [-0.4, -0.2) is 47.2 Å². The molecule has 2 rings (SSSR count). The molecule has 0 radical (unpaired) electrons. The Morgan fingerprint density at radius 2 is 2.20 bits per heavy atom. The van der Waals surface area contributed by atoms with E-state index in [4.69, 9.17) is 0 Å². The maximum absolute atomic E-state index is 12.5. The van der Waals surface area contributed by atoms with Gasteiger partial charge in [0.15, 0.2) is 0 Å². The van der Waals surface area contributed by atoms with Crippen molar-refractivity contribution in [3.05, 3.63) is 23.8 Å². The maximum Gasteiger partial charge on any atom is 0.257 e. The van der Waals surface area contributed by atoms with Gasteiger partial charge in [-0.3, -0.25) is 4.79 Å². The predicted molar refractivity (Wildman–Crippen MR) is 76.9 cm³/mol. The first-order valence-corrected chi connectivity index (χ1v) is 7.05. The molecule has 2 atom stereocenters. The second-order valence-corrected chi connectivity index (χ2v) is 5.30. The fourth-order valence-corrected chi connectivity index (χ4v) is 2.88. The summed E-state index contributed by atoms with van der Waals surface area (Å²) < 4.78 is 0. The molecule has 5 nitrogen and oxygen atoms in total. The number of phenolic OH excluding ortho intramolecular Hbond substituents is 2. The summed E-state index contributed by atoms with van der Waals surface area (Å²) in [6, 6.07) is 4.53. The zero-order chi connectivity index (χ0) is 14.7. The quantitative estimate of drug-likeness (QED) is 0.784. The van der Waals surface area contributed by atoms with Gasteiger partial charge >= 0.3 is 0 Å². The lowest BCUT2D eigenvalue weighted by Crippen LogP contribution is -2.50. The molecule has 1 aromatic rings. The Kier molecular flexibility index (Phi) is 4.49. The van der Waals surface area contributed by atoms with Crippen molar-refractivity contribution in [3.8, 4) is 11.5 Å². The first-order chi connectivity index (χ1) is 9.56. The highest BCUT2D eigenvalue weighted by atomic mass is 16.3. The second-order valence-electron chi connectivity index (χ2n) is 5.30. The molecule has 0 saturated carbocycles. The van der Waals surface area contributed by atoms with Crippen molar-refractivity contribution in [1.82, 2.24) is 10.2 Å². The average molecular weight is 278 g/mol.